The minimum absolute atomic E-state index is 0.0652. The molecule has 6 nitrogen and oxygen atoms in total. The highest BCUT2D eigenvalue weighted by Gasteiger charge is 2.19. The van der Waals surface area contributed by atoms with E-state index in [1.54, 1.807) is 11.8 Å². The Morgan fingerprint density at radius 3 is 3.00 bits per heavy atom. The fraction of sp³-hybridized carbons (Fsp3) is 0.750. The summed E-state index contributed by atoms with van der Waals surface area (Å²) in [5.41, 5.74) is 0. The van der Waals surface area contributed by atoms with E-state index in [1.165, 1.54) is 11.5 Å². The number of hydrogen-bond acceptors (Lipinski definition) is 7. The largest absolute Gasteiger partial charge is 0.393 e. The van der Waals surface area contributed by atoms with Gasteiger partial charge in [-0.1, -0.05) is 18.7 Å². The van der Waals surface area contributed by atoms with Crippen molar-refractivity contribution in [2.24, 2.45) is 0 Å². The number of nitrogens with zero attached hydrogens (tertiary/aromatic N) is 3. The number of aromatic nitrogens is 2. The van der Waals surface area contributed by atoms with Crippen molar-refractivity contribution in [1.82, 2.24) is 14.3 Å². The topological polar surface area (TPSA) is 78.4 Å². The van der Waals surface area contributed by atoms with E-state index < -0.39 is 0 Å². The van der Waals surface area contributed by atoms with E-state index in [1.807, 2.05) is 0 Å². The Bertz CT molecular complexity index is 433. The van der Waals surface area contributed by atoms with Crippen molar-refractivity contribution in [3.63, 3.8) is 0 Å². The highest BCUT2D eigenvalue weighted by Crippen LogP contribution is 2.20. The van der Waals surface area contributed by atoms with Crippen LogP contribution in [-0.2, 0) is 4.79 Å². The number of carbonyl (C=O) groups is 1. The Labute approximate surface area is 127 Å². The lowest BCUT2D eigenvalue weighted by molar-refractivity contribution is -0.117. The van der Waals surface area contributed by atoms with Crippen molar-refractivity contribution in [3.8, 4) is 0 Å². The van der Waals surface area contributed by atoms with Crippen LogP contribution in [0.2, 0.25) is 0 Å². The molecule has 0 bridgehead atoms. The summed E-state index contributed by atoms with van der Waals surface area (Å²) in [7, 11) is 0. The normalized spacial score (nSPS) is 17.3. The lowest BCUT2D eigenvalue weighted by atomic mass is 10.1. The number of aliphatic hydroxyl groups excluding tert-OH is 1. The minimum Gasteiger partial charge on any atom is -0.393 e. The first-order valence-electron chi connectivity index (χ1n) is 6.84. The molecule has 0 aliphatic carbocycles. The quantitative estimate of drug-likeness (QED) is 0.773. The second-order valence-corrected chi connectivity index (χ2v) is 6.60. The van der Waals surface area contributed by atoms with Gasteiger partial charge in [0.25, 0.3) is 0 Å². The molecular formula is C12H20N4O2S2. The summed E-state index contributed by atoms with van der Waals surface area (Å²) in [5, 5.41) is 13.5. The average Bonchev–Trinajstić information content (AvgIpc) is 2.86. The number of hydrogen-bond donors (Lipinski definition) is 2. The van der Waals surface area contributed by atoms with Gasteiger partial charge >= 0.3 is 0 Å². The number of piperidine rings is 1. The van der Waals surface area contributed by atoms with Crippen LogP contribution < -0.4 is 5.32 Å². The van der Waals surface area contributed by atoms with Crippen LogP contribution in [0.4, 0.5) is 5.13 Å². The fourth-order valence-electron chi connectivity index (χ4n) is 1.95. The number of nitrogens with one attached hydrogen (secondary N) is 1. The number of likely N-dealkylation sites (tertiary alicyclic amines) is 1. The Kier molecular flexibility index (Phi) is 6.21. The number of thioether (sulfide) groups is 1. The Balaban J connectivity index is 1.75. The third-order valence-corrected chi connectivity index (χ3v) is 4.81. The third kappa shape index (κ3) is 5.01. The van der Waals surface area contributed by atoms with Crippen molar-refractivity contribution < 1.29 is 9.90 Å². The fourth-order valence-corrected chi connectivity index (χ4v) is 3.37. The summed E-state index contributed by atoms with van der Waals surface area (Å²) < 4.78 is 4.20. The smallest absolute Gasteiger partial charge is 0.240 e. The Hall–Kier alpha value is -0.700. The summed E-state index contributed by atoms with van der Waals surface area (Å²) in [5.74, 6) is 0.921. The van der Waals surface area contributed by atoms with Crippen LogP contribution in [0, 0.1) is 0 Å². The second-order valence-electron chi connectivity index (χ2n) is 4.79. The van der Waals surface area contributed by atoms with Gasteiger partial charge in [-0.15, -0.1) is 0 Å². The predicted octanol–water partition coefficient (Wildman–Crippen LogP) is 1.44. The summed E-state index contributed by atoms with van der Waals surface area (Å²) in [4.78, 5) is 18.2. The summed E-state index contributed by atoms with van der Waals surface area (Å²) >= 11 is 2.82. The van der Waals surface area contributed by atoms with E-state index in [-0.39, 0.29) is 12.0 Å². The highest BCUT2D eigenvalue weighted by atomic mass is 32.2. The molecule has 1 aromatic heterocycles. The van der Waals surface area contributed by atoms with Gasteiger partial charge in [0.05, 0.1) is 12.6 Å². The van der Waals surface area contributed by atoms with Gasteiger partial charge in [0.1, 0.15) is 0 Å². The van der Waals surface area contributed by atoms with E-state index in [0.29, 0.717) is 11.7 Å². The lowest BCUT2D eigenvalue weighted by Crippen LogP contribution is -2.40. The monoisotopic (exact) mass is 316 g/mol. The van der Waals surface area contributed by atoms with Gasteiger partial charge in [0.2, 0.25) is 16.2 Å². The van der Waals surface area contributed by atoms with E-state index in [9.17, 15) is 9.90 Å². The zero-order valence-corrected chi connectivity index (χ0v) is 13.2. The molecule has 0 radical (unpaired) electrons. The Morgan fingerprint density at radius 1 is 1.55 bits per heavy atom. The molecule has 2 heterocycles. The van der Waals surface area contributed by atoms with Gasteiger partial charge in [-0.2, -0.15) is 9.36 Å². The van der Waals surface area contributed by atoms with Crippen molar-refractivity contribution in [1.29, 1.82) is 0 Å². The molecule has 1 fully saturated rings. The van der Waals surface area contributed by atoms with Crippen molar-refractivity contribution in [3.05, 3.63) is 0 Å². The van der Waals surface area contributed by atoms with E-state index in [2.05, 4.69) is 26.5 Å². The first kappa shape index (κ1) is 15.7. The molecule has 1 aliphatic rings. The van der Waals surface area contributed by atoms with E-state index >= 15 is 0 Å². The highest BCUT2D eigenvalue weighted by molar-refractivity contribution is 7.99. The molecule has 0 saturated carbocycles. The number of anilines is 1. The van der Waals surface area contributed by atoms with Gasteiger partial charge in [-0.05, 0) is 19.3 Å². The van der Waals surface area contributed by atoms with Crippen LogP contribution >= 0.6 is 23.3 Å². The molecule has 20 heavy (non-hydrogen) atoms. The number of aliphatic hydroxyl groups is 1. The van der Waals surface area contributed by atoms with Gasteiger partial charge < -0.3 is 5.11 Å². The maximum atomic E-state index is 11.9. The maximum absolute atomic E-state index is 11.9. The molecule has 1 saturated heterocycles. The molecule has 8 heteroatoms. The van der Waals surface area contributed by atoms with Crippen molar-refractivity contribution in [2.45, 2.75) is 37.4 Å². The molecule has 0 spiro atoms. The minimum atomic E-state index is -0.212. The summed E-state index contributed by atoms with van der Waals surface area (Å²) in [6.45, 7) is 3.99. The zero-order valence-electron chi connectivity index (χ0n) is 11.5. The average molecular weight is 316 g/mol. The third-order valence-electron chi connectivity index (χ3n) is 3.01. The van der Waals surface area contributed by atoms with Gasteiger partial charge in [0, 0.05) is 30.4 Å². The molecule has 2 N–H and O–H groups in total. The SMILES string of the molecule is CCCSc1nsc(NC(=O)CN2CCC(O)CC2)n1. The second kappa shape index (κ2) is 7.92. The number of rotatable bonds is 6. The lowest BCUT2D eigenvalue weighted by Gasteiger charge is -2.28. The molecule has 112 valence electrons. The van der Waals surface area contributed by atoms with E-state index in [0.717, 1.165) is 43.3 Å². The van der Waals surface area contributed by atoms with Crippen LogP contribution in [0.15, 0.2) is 5.16 Å². The zero-order chi connectivity index (χ0) is 14.4. The van der Waals surface area contributed by atoms with E-state index in [4.69, 9.17) is 0 Å². The van der Waals surface area contributed by atoms with Gasteiger partial charge in [-0.3, -0.25) is 15.0 Å². The van der Waals surface area contributed by atoms with Crippen LogP contribution in [0.5, 0.6) is 0 Å². The van der Waals surface area contributed by atoms with Crippen LogP contribution in [0.1, 0.15) is 26.2 Å². The van der Waals surface area contributed by atoms with Crippen LogP contribution in [-0.4, -0.2) is 56.8 Å². The molecule has 0 atom stereocenters. The van der Waals surface area contributed by atoms with Crippen LogP contribution in [0.3, 0.4) is 0 Å². The Morgan fingerprint density at radius 2 is 2.30 bits per heavy atom. The first-order valence-corrected chi connectivity index (χ1v) is 8.60. The van der Waals surface area contributed by atoms with Crippen LogP contribution in [0.25, 0.3) is 0 Å². The molecule has 0 aromatic carbocycles. The predicted molar refractivity (Wildman–Crippen MR) is 81.2 cm³/mol. The van der Waals surface area contributed by atoms with Crippen molar-refractivity contribution in [2.75, 3.05) is 30.7 Å². The maximum Gasteiger partial charge on any atom is 0.240 e. The summed E-state index contributed by atoms with van der Waals surface area (Å²) in [6.07, 6.45) is 2.34. The number of amides is 1. The standard InChI is InChI=1S/C12H20N4O2S2/c1-2-7-19-12-14-11(20-15-12)13-10(18)8-16-5-3-9(17)4-6-16/h9,17H,2-8H2,1H3,(H,13,14,15,18). The summed E-state index contributed by atoms with van der Waals surface area (Å²) in [6, 6.07) is 0. The molecular weight excluding hydrogens is 296 g/mol. The molecule has 1 aromatic rings. The molecule has 0 unspecified atom stereocenters. The van der Waals surface area contributed by atoms with Gasteiger partial charge in [-0.25, -0.2) is 0 Å². The molecule has 1 aliphatic heterocycles. The number of carbonyl (C=O) groups excluding carboxylic acids is 1. The van der Waals surface area contributed by atoms with Gasteiger partial charge in [0.15, 0.2) is 0 Å². The molecule has 2 rings (SSSR count). The first-order chi connectivity index (χ1) is 9.67. The van der Waals surface area contributed by atoms with Crippen molar-refractivity contribution >= 4 is 34.3 Å². The molecule has 1 amide bonds.